The van der Waals surface area contributed by atoms with E-state index in [2.05, 4.69) is 31.8 Å². The molecule has 0 spiro atoms. The molecule has 0 atom stereocenters. The van der Waals surface area contributed by atoms with Gasteiger partial charge in [0.25, 0.3) is 0 Å². The molecule has 0 fully saturated rings. The van der Waals surface area contributed by atoms with Gasteiger partial charge in [0.15, 0.2) is 0 Å². The van der Waals surface area contributed by atoms with Gasteiger partial charge in [-0.1, -0.05) is 43.1 Å². The monoisotopic (exact) mass is 289 g/mol. The van der Waals surface area contributed by atoms with Crippen LogP contribution in [0.4, 0.5) is 0 Å². The van der Waals surface area contributed by atoms with Crippen molar-refractivity contribution in [2.75, 3.05) is 7.05 Å². The maximum atomic E-state index is 6.02. The first-order chi connectivity index (χ1) is 7.95. The summed E-state index contributed by atoms with van der Waals surface area (Å²) in [5.74, 6) is 0.564. The highest BCUT2D eigenvalue weighted by Gasteiger charge is 2.08. The van der Waals surface area contributed by atoms with Crippen molar-refractivity contribution in [2.45, 2.75) is 20.3 Å². The van der Waals surface area contributed by atoms with Crippen molar-refractivity contribution in [1.82, 2.24) is 5.32 Å². The fourth-order valence-electron chi connectivity index (χ4n) is 1.60. The van der Waals surface area contributed by atoms with Crippen LogP contribution in [0.1, 0.15) is 25.8 Å². The van der Waals surface area contributed by atoms with Crippen molar-refractivity contribution in [3.63, 3.8) is 0 Å². The molecule has 0 aromatic heterocycles. The van der Waals surface area contributed by atoms with E-state index >= 15 is 0 Å². The van der Waals surface area contributed by atoms with E-state index < -0.39 is 0 Å². The van der Waals surface area contributed by atoms with Crippen LogP contribution >= 0.6 is 35.8 Å². The molecular weight excluding hydrogens is 273 g/mol. The Bertz CT molecular complexity index is 427. The number of hydrogen-bond donors (Lipinski definition) is 2. The van der Waals surface area contributed by atoms with E-state index in [4.69, 9.17) is 23.2 Å². The molecule has 0 radical (unpaired) electrons. The van der Waals surface area contributed by atoms with Gasteiger partial charge in [0.05, 0.1) is 15.7 Å². The SMILES string of the molecule is CN/C(=C(\S)CC(C)C)c1ccc(Cl)c(Cl)c1. The molecule has 17 heavy (non-hydrogen) atoms. The predicted octanol–water partition coefficient (Wildman–Crippen LogP) is 4.86. The van der Waals surface area contributed by atoms with E-state index in [-0.39, 0.29) is 0 Å². The largest absolute Gasteiger partial charge is 0.387 e. The average Bonchev–Trinajstić information content (AvgIpc) is 2.23. The van der Waals surface area contributed by atoms with Crippen molar-refractivity contribution >= 4 is 41.5 Å². The van der Waals surface area contributed by atoms with Crippen LogP contribution in [0, 0.1) is 5.92 Å². The fourth-order valence-corrected chi connectivity index (χ4v) is 2.50. The second-order valence-electron chi connectivity index (χ2n) is 4.30. The number of rotatable bonds is 4. The lowest BCUT2D eigenvalue weighted by Gasteiger charge is -2.14. The Labute approximate surface area is 119 Å². The van der Waals surface area contributed by atoms with Gasteiger partial charge in [0, 0.05) is 12.0 Å². The summed E-state index contributed by atoms with van der Waals surface area (Å²) >= 11 is 16.5. The van der Waals surface area contributed by atoms with E-state index in [1.165, 1.54) is 0 Å². The predicted molar refractivity (Wildman–Crippen MR) is 80.9 cm³/mol. The fraction of sp³-hybridized carbons (Fsp3) is 0.385. The highest BCUT2D eigenvalue weighted by Crippen LogP contribution is 2.29. The minimum Gasteiger partial charge on any atom is -0.387 e. The van der Waals surface area contributed by atoms with Crippen LogP contribution in [-0.4, -0.2) is 7.05 Å². The van der Waals surface area contributed by atoms with Crippen LogP contribution in [0.5, 0.6) is 0 Å². The van der Waals surface area contributed by atoms with Crippen LogP contribution < -0.4 is 5.32 Å². The number of nitrogens with one attached hydrogen (secondary N) is 1. The van der Waals surface area contributed by atoms with Gasteiger partial charge in [0.1, 0.15) is 0 Å². The Morgan fingerprint density at radius 2 is 1.94 bits per heavy atom. The third-order valence-electron chi connectivity index (χ3n) is 2.35. The molecule has 0 unspecified atom stereocenters. The third kappa shape index (κ3) is 4.13. The van der Waals surface area contributed by atoms with Crippen molar-refractivity contribution in [1.29, 1.82) is 0 Å². The van der Waals surface area contributed by atoms with Crippen molar-refractivity contribution in [3.8, 4) is 0 Å². The lowest BCUT2D eigenvalue weighted by Crippen LogP contribution is -2.07. The number of hydrogen-bond acceptors (Lipinski definition) is 2. The molecule has 94 valence electrons. The first-order valence-electron chi connectivity index (χ1n) is 5.51. The van der Waals surface area contributed by atoms with Crippen molar-refractivity contribution in [3.05, 3.63) is 38.7 Å². The number of halogens is 2. The summed E-state index contributed by atoms with van der Waals surface area (Å²) in [7, 11) is 1.88. The van der Waals surface area contributed by atoms with Crippen LogP contribution in [0.3, 0.4) is 0 Å². The molecule has 0 aliphatic carbocycles. The molecule has 0 heterocycles. The van der Waals surface area contributed by atoms with Gasteiger partial charge in [-0.3, -0.25) is 0 Å². The highest BCUT2D eigenvalue weighted by molar-refractivity contribution is 7.84. The molecule has 1 N–H and O–H groups in total. The normalized spacial score (nSPS) is 12.6. The van der Waals surface area contributed by atoms with Gasteiger partial charge in [-0.2, -0.15) is 0 Å². The molecule has 0 bridgehead atoms. The summed E-state index contributed by atoms with van der Waals surface area (Å²) in [5, 5.41) is 4.29. The summed E-state index contributed by atoms with van der Waals surface area (Å²) in [6.07, 6.45) is 0.930. The molecule has 0 amide bonds. The Morgan fingerprint density at radius 3 is 2.41 bits per heavy atom. The van der Waals surface area contributed by atoms with Gasteiger partial charge in [-0.15, -0.1) is 12.6 Å². The number of allylic oxidation sites excluding steroid dienone is 1. The zero-order valence-electron chi connectivity index (χ0n) is 10.2. The second-order valence-corrected chi connectivity index (χ2v) is 5.65. The quantitative estimate of drug-likeness (QED) is 0.755. The van der Waals surface area contributed by atoms with Crippen LogP contribution in [-0.2, 0) is 0 Å². The highest BCUT2D eigenvalue weighted by atomic mass is 35.5. The summed E-state index contributed by atoms with van der Waals surface area (Å²) in [5.41, 5.74) is 2.01. The van der Waals surface area contributed by atoms with Gasteiger partial charge in [-0.05, 0) is 30.0 Å². The second kappa shape index (κ2) is 6.58. The Morgan fingerprint density at radius 1 is 1.29 bits per heavy atom. The maximum Gasteiger partial charge on any atom is 0.0599 e. The maximum absolute atomic E-state index is 6.02. The average molecular weight is 290 g/mol. The van der Waals surface area contributed by atoms with E-state index in [1.807, 2.05) is 19.2 Å². The molecule has 4 heteroatoms. The summed E-state index contributed by atoms with van der Waals surface area (Å²) in [4.78, 5) is 1.03. The smallest absolute Gasteiger partial charge is 0.0599 e. The van der Waals surface area contributed by atoms with Gasteiger partial charge < -0.3 is 5.32 Å². The molecule has 0 aliphatic heterocycles. The molecule has 0 saturated carbocycles. The lowest BCUT2D eigenvalue weighted by molar-refractivity contribution is 0.658. The van der Waals surface area contributed by atoms with E-state index in [0.717, 1.165) is 22.6 Å². The Kier molecular flexibility index (Phi) is 5.71. The van der Waals surface area contributed by atoms with Crippen LogP contribution in [0.25, 0.3) is 5.70 Å². The Balaban J connectivity index is 3.12. The van der Waals surface area contributed by atoms with E-state index in [1.54, 1.807) is 6.07 Å². The van der Waals surface area contributed by atoms with E-state index in [9.17, 15) is 0 Å². The Hall–Kier alpha value is -0.310. The molecule has 1 aromatic carbocycles. The third-order valence-corrected chi connectivity index (χ3v) is 3.49. The van der Waals surface area contributed by atoms with Gasteiger partial charge >= 0.3 is 0 Å². The first-order valence-corrected chi connectivity index (χ1v) is 6.71. The molecule has 1 nitrogen and oxygen atoms in total. The minimum atomic E-state index is 0.558. The minimum absolute atomic E-state index is 0.558. The molecule has 1 rings (SSSR count). The van der Waals surface area contributed by atoms with E-state index in [0.29, 0.717) is 16.0 Å². The van der Waals surface area contributed by atoms with Crippen molar-refractivity contribution < 1.29 is 0 Å². The standard InChI is InChI=1S/C13H17Cl2NS/c1-8(2)6-12(17)13(16-3)9-4-5-10(14)11(15)7-9/h4-5,7-8,16-17H,6H2,1-3H3/b13-12-. The summed E-state index contributed by atoms with van der Waals surface area (Å²) in [6, 6.07) is 5.59. The summed E-state index contributed by atoms with van der Waals surface area (Å²) in [6.45, 7) is 4.33. The molecule has 0 saturated heterocycles. The zero-order chi connectivity index (χ0) is 13.0. The van der Waals surface area contributed by atoms with Crippen LogP contribution in [0.15, 0.2) is 23.1 Å². The van der Waals surface area contributed by atoms with Gasteiger partial charge in [0.2, 0.25) is 0 Å². The lowest BCUT2D eigenvalue weighted by atomic mass is 10.1. The van der Waals surface area contributed by atoms with Crippen LogP contribution in [0.2, 0.25) is 10.0 Å². The van der Waals surface area contributed by atoms with Gasteiger partial charge in [-0.25, -0.2) is 0 Å². The topological polar surface area (TPSA) is 12.0 Å². The molecule has 1 aromatic rings. The number of benzene rings is 1. The molecular formula is C13H17Cl2NS. The number of thiol groups is 1. The van der Waals surface area contributed by atoms with Crippen molar-refractivity contribution in [2.24, 2.45) is 5.92 Å². The molecule has 0 aliphatic rings. The summed E-state index contributed by atoms with van der Waals surface area (Å²) < 4.78 is 0. The first kappa shape index (κ1) is 14.7. The zero-order valence-corrected chi connectivity index (χ0v) is 12.6.